The number of hydrogen-bond acceptors (Lipinski definition) is 2. The van der Waals surface area contributed by atoms with Gasteiger partial charge in [0.1, 0.15) is 0 Å². The third-order valence-electron chi connectivity index (χ3n) is 2.19. The minimum atomic E-state index is 0.630. The van der Waals surface area contributed by atoms with Crippen LogP contribution in [0.3, 0.4) is 0 Å². The van der Waals surface area contributed by atoms with Crippen LogP contribution >= 0.6 is 0 Å². The summed E-state index contributed by atoms with van der Waals surface area (Å²) in [6, 6.07) is 2.07. The van der Waals surface area contributed by atoms with E-state index >= 15 is 0 Å². The largest absolute Gasteiger partial charge is 0.314 e. The molecule has 0 amide bonds. The van der Waals surface area contributed by atoms with E-state index in [2.05, 4.69) is 31.4 Å². The number of rotatable bonds is 2. The normalized spacial score (nSPS) is 32.7. The lowest BCUT2D eigenvalue weighted by Gasteiger charge is -2.30. The Morgan fingerprint density at radius 1 is 1.45 bits per heavy atom. The second kappa shape index (κ2) is 4.07. The Kier molecular flexibility index (Phi) is 3.34. The van der Waals surface area contributed by atoms with E-state index < -0.39 is 0 Å². The van der Waals surface area contributed by atoms with E-state index in [1.807, 2.05) is 0 Å². The zero-order valence-electron chi connectivity index (χ0n) is 7.85. The van der Waals surface area contributed by atoms with Gasteiger partial charge in [0.2, 0.25) is 0 Å². The fourth-order valence-corrected chi connectivity index (χ4v) is 1.75. The molecule has 1 aliphatic heterocycles. The molecule has 2 atom stereocenters. The van der Waals surface area contributed by atoms with Gasteiger partial charge in [0.15, 0.2) is 0 Å². The van der Waals surface area contributed by atoms with Crippen molar-refractivity contribution in [1.29, 1.82) is 0 Å². The van der Waals surface area contributed by atoms with Crippen LogP contribution in [0.25, 0.3) is 0 Å². The molecule has 0 aromatic heterocycles. The lowest BCUT2D eigenvalue weighted by molar-refractivity contribution is 0.317. The predicted molar refractivity (Wildman–Crippen MR) is 48.8 cm³/mol. The maximum atomic E-state index is 3.57. The SMILES string of the molecule is CC(C)N[C@H]1CCN[C@@H](C)C1. The molecule has 0 spiro atoms. The molecule has 1 heterocycles. The zero-order valence-corrected chi connectivity index (χ0v) is 7.85. The van der Waals surface area contributed by atoms with Crippen molar-refractivity contribution in [2.75, 3.05) is 6.54 Å². The molecule has 1 saturated heterocycles. The van der Waals surface area contributed by atoms with Gasteiger partial charge in [0.05, 0.1) is 0 Å². The van der Waals surface area contributed by atoms with Gasteiger partial charge in [-0.15, -0.1) is 0 Å². The third kappa shape index (κ3) is 3.21. The molecule has 11 heavy (non-hydrogen) atoms. The van der Waals surface area contributed by atoms with Crippen LogP contribution in [0.5, 0.6) is 0 Å². The first kappa shape index (κ1) is 9.01. The first-order valence-electron chi connectivity index (χ1n) is 4.68. The van der Waals surface area contributed by atoms with Gasteiger partial charge < -0.3 is 10.6 Å². The standard InChI is InChI=1S/C9H20N2/c1-7(2)11-9-4-5-10-8(3)6-9/h7-11H,4-6H2,1-3H3/t8-,9-/m0/s1. The van der Waals surface area contributed by atoms with E-state index in [0.717, 1.165) is 6.04 Å². The molecule has 0 radical (unpaired) electrons. The highest BCUT2D eigenvalue weighted by molar-refractivity contribution is 4.80. The van der Waals surface area contributed by atoms with Gasteiger partial charge in [-0.25, -0.2) is 0 Å². The molecule has 0 aromatic rings. The molecule has 1 aliphatic rings. The second-order valence-corrected chi connectivity index (χ2v) is 3.90. The molecular weight excluding hydrogens is 136 g/mol. The minimum absolute atomic E-state index is 0.630. The fourth-order valence-electron chi connectivity index (χ4n) is 1.75. The van der Waals surface area contributed by atoms with E-state index in [9.17, 15) is 0 Å². The van der Waals surface area contributed by atoms with Gasteiger partial charge in [-0.2, -0.15) is 0 Å². The highest BCUT2D eigenvalue weighted by Crippen LogP contribution is 2.08. The Bertz CT molecular complexity index is 110. The molecule has 0 unspecified atom stereocenters. The van der Waals surface area contributed by atoms with E-state index in [4.69, 9.17) is 0 Å². The van der Waals surface area contributed by atoms with Gasteiger partial charge in [-0.1, -0.05) is 13.8 Å². The molecule has 0 aromatic carbocycles. The lowest BCUT2D eigenvalue weighted by atomic mass is 10.0. The van der Waals surface area contributed by atoms with E-state index in [0.29, 0.717) is 12.1 Å². The highest BCUT2D eigenvalue weighted by atomic mass is 15.0. The van der Waals surface area contributed by atoms with Crippen LogP contribution in [0.2, 0.25) is 0 Å². The van der Waals surface area contributed by atoms with Crippen molar-refractivity contribution in [1.82, 2.24) is 10.6 Å². The van der Waals surface area contributed by atoms with Gasteiger partial charge in [-0.05, 0) is 26.3 Å². The van der Waals surface area contributed by atoms with Crippen molar-refractivity contribution >= 4 is 0 Å². The average Bonchev–Trinajstić information content (AvgIpc) is 1.85. The zero-order chi connectivity index (χ0) is 8.27. The van der Waals surface area contributed by atoms with Crippen LogP contribution < -0.4 is 10.6 Å². The summed E-state index contributed by atoms with van der Waals surface area (Å²) in [6.07, 6.45) is 2.56. The predicted octanol–water partition coefficient (Wildman–Crippen LogP) is 1.12. The van der Waals surface area contributed by atoms with Gasteiger partial charge in [0, 0.05) is 18.1 Å². The fraction of sp³-hybridized carbons (Fsp3) is 1.00. The molecule has 1 fully saturated rings. The first-order valence-corrected chi connectivity index (χ1v) is 4.68. The number of hydrogen-bond donors (Lipinski definition) is 2. The maximum Gasteiger partial charge on any atom is 0.00962 e. The lowest BCUT2D eigenvalue weighted by Crippen LogP contribution is -2.46. The Hall–Kier alpha value is -0.0800. The Balaban J connectivity index is 2.23. The molecule has 0 saturated carbocycles. The topological polar surface area (TPSA) is 24.1 Å². The van der Waals surface area contributed by atoms with Crippen molar-refractivity contribution in [3.63, 3.8) is 0 Å². The summed E-state index contributed by atoms with van der Waals surface area (Å²) in [5.41, 5.74) is 0. The summed E-state index contributed by atoms with van der Waals surface area (Å²) in [5.74, 6) is 0. The molecule has 66 valence electrons. The van der Waals surface area contributed by atoms with E-state index in [1.165, 1.54) is 19.4 Å². The highest BCUT2D eigenvalue weighted by Gasteiger charge is 2.17. The minimum Gasteiger partial charge on any atom is -0.314 e. The summed E-state index contributed by atoms with van der Waals surface area (Å²) < 4.78 is 0. The molecule has 0 bridgehead atoms. The molecule has 2 heteroatoms. The van der Waals surface area contributed by atoms with Gasteiger partial charge in [-0.3, -0.25) is 0 Å². The van der Waals surface area contributed by atoms with Crippen LogP contribution in [-0.2, 0) is 0 Å². The van der Waals surface area contributed by atoms with Crippen molar-refractivity contribution in [3.8, 4) is 0 Å². The summed E-state index contributed by atoms with van der Waals surface area (Å²) >= 11 is 0. The van der Waals surface area contributed by atoms with E-state index in [-0.39, 0.29) is 0 Å². The van der Waals surface area contributed by atoms with Crippen LogP contribution in [-0.4, -0.2) is 24.7 Å². The maximum absolute atomic E-state index is 3.57. The summed E-state index contributed by atoms with van der Waals surface area (Å²) in [4.78, 5) is 0. The van der Waals surface area contributed by atoms with Crippen molar-refractivity contribution in [3.05, 3.63) is 0 Å². The third-order valence-corrected chi connectivity index (χ3v) is 2.19. The van der Waals surface area contributed by atoms with Crippen molar-refractivity contribution in [2.24, 2.45) is 0 Å². The second-order valence-electron chi connectivity index (χ2n) is 3.90. The van der Waals surface area contributed by atoms with Crippen LogP contribution in [0.15, 0.2) is 0 Å². The van der Waals surface area contributed by atoms with Crippen LogP contribution in [0.4, 0.5) is 0 Å². The molecule has 0 aliphatic carbocycles. The number of piperidine rings is 1. The van der Waals surface area contributed by atoms with Gasteiger partial charge in [0.25, 0.3) is 0 Å². The monoisotopic (exact) mass is 156 g/mol. The molecule has 2 N–H and O–H groups in total. The first-order chi connectivity index (χ1) is 5.18. The van der Waals surface area contributed by atoms with Crippen LogP contribution in [0.1, 0.15) is 33.6 Å². The van der Waals surface area contributed by atoms with E-state index in [1.54, 1.807) is 0 Å². The summed E-state index contributed by atoms with van der Waals surface area (Å²) in [7, 11) is 0. The molecule has 2 nitrogen and oxygen atoms in total. The molecule has 1 rings (SSSR count). The van der Waals surface area contributed by atoms with Crippen molar-refractivity contribution in [2.45, 2.75) is 51.7 Å². The van der Waals surface area contributed by atoms with Crippen LogP contribution in [0, 0.1) is 0 Å². The quantitative estimate of drug-likeness (QED) is 0.626. The summed E-state index contributed by atoms with van der Waals surface area (Å²) in [6.45, 7) is 7.86. The number of nitrogens with one attached hydrogen (secondary N) is 2. The van der Waals surface area contributed by atoms with Gasteiger partial charge >= 0.3 is 0 Å². The molecular formula is C9H20N2. The smallest absolute Gasteiger partial charge is 0.00962 e. The average molecular weight is 156 g/mol. The summed E-state index contributed by atoms with van der Waals surface area (Å²) in [5, 5.41) is 7.02. The Morgan fingerprint density at radius 2 is 2.18 bits per heavy atom. The Morgan fingerprint density at radius 3 is 2.73 bits per heavy atom. The van der Waals surface area contributed by atoms with Crippen molar-refractivity contribution < 1.29 is 0 Å². The Labute approximate surface area is 69.8 Å².